The third-order valence-electron chi connectivity index (χ3n) is 9.72. The van der Waals surface area contributed by atoms with Crippen LogP contribution in [0.25, 0.3) is 22.2 Å². The highest BCUT2D eigenvalue weighted by atomic mass is 16.4. The Bertz CT molecular complexity index is 2240. The molecule has 2 N–H and O–H groups in total. The molecule has 2 aliphatic heterocycles. The van der Waals surface area contributed by atoms with Crippen molar-refractivity contribution >= 4 is 28.7 Å². The maximum absolute atomic E-state index is 14.5. The van der Waals surface area contributed by atoms with Gasteiger partial charge in [-0.15, -0.1) is 0 Å². The number of phenolic OH excluding ortho intramolecular Hbond substituents is 1. The number of fused-ring (bicyclic) bond motifs is 2. The molecule has 4 aromatic carbocycles. The third-order valence-corrected chi connectivity index (χ3v) is 9.72. The van der Waals surface area contributed by atoms with Gasteiger partial charge in [-0.2, -0.15) is 5.01 Å². The number of pyridine rings is 1. The number of hydrogen-bond acceptors (Lipinski definition) is 8. The van der Waals surface area contributed by atoms with Crippen LogP contribution in [-0.4, -0.2) is 78.0 Å². The number of nitrogens with zero attached hydrogens (tertiary/aromatic N) is 6. The first-order valence-corrected chi connectivity index (χ1v) is 17.5. The summed E-state index contributed by atoms with van der Waals surface area (Å²) in [6.45, 7) is 0.403. The van der Waals surface area contributed by atoms with E-state index in [-0.39, 0.29) is 56.7 Å². The van der Waals surface area contributed by atoms with Crippen molar-refractivity contribution in [1.82, 2.24) is 35.1 Å². The zero-order chi connectivity index (χ0) is 36.3. The van der Waals surface area contributed by atoms with Crippen molar-refractivity contribution in [2.45, 2.75) is 38.3 Å². The maximum Gasteiger partial charge on any atom is 0.334 e. The molecule has 0 saturated carbocycles. The van der Waals surface area contributed by atoms with Crippen LogP contribution in [0.5, 0.6) is 5.75 Å². The monoisotopic (exact) mass is 707 g/mol. The van der Waals surface area contributed by atoms with Crippen LogP contribution in [0.15, 0.2) is 132 Å². The Labute approximate surface area is 305 Å². The van der Waals surface area contributed by atoms with Gasteiger partial charge in [0.05, 0.1) is 31.3 Å². The number of piperazine rings is 1. The van der Waals surface area contributed by atoms with Gasteiger partial charge in [0.2, 0.25) is 17.7 Å². The van der Waals surface area contributed by atoms with E-state index in [1.54, 1.807) is 56.5 Å². The van der Waals surface area contributed by atoms with E-state index in [1.165, 1.54) is 0 Å². The van der Waals surface area contributed by atoms with Crippen molar-refractivity contribution in [3.05, 3.63) is 150 Å². The molecular formula is C41H37N7O5. The van der Waals surface area contributed by atoms with Gasteiger partial charge >= 0.3 is 6.03 Å². The number of benzene rings is 4. The highest BCUT2D eigenvalue weighted by Crippen LogP contribution is 2.32. The molecule has 4 amide bonds. The minimum atomic E-state index is -0.920. The van der Waals surface area contributed by atoms with Gasteiger partial charge in [-0.05, 0) is 41.0 Å². The number of aromatic nitrogens is 2. The quantitative estimate of drug-likeness (QED) is 0.206. The van der Waals surface area contributed by atoms with E-state index in [9.17, 15) is 19.5 Å². The van der Waals surface area contributed by atoms with Crippen LogP contribution >= 0.6 is 0 Å². The molecule has 53 heavy (non-hydrogen) atoms. The number of hydrogen-bond donors (Lipinski definition) is 2. The topological polar surface area (TPSA) is 135 Å². The van der Waals surface area contributed by atoms with Crippen LogP contribution in [0.1, 0.15) is 22.6 Å². The number of carbonyl (C=O) groups excluding carboxylic acids is 3. The van der Waals surface area contributed by atoms with Crippen LogP contribution in [-0.2, 0) is 35.6 Å². The van der Waals surface area contributed by atoms with Crippen molar-refractivity contribution in [3.63, 3.8) is 0 Å². The van der Waals surface area contributed by atoms with E-state index in [4.69, 9.17) is 4.42 Å². The van der Waals surface area contributed by atoms with Crippen molar-refractivity contribution in [2.24, 2.45) is 0 Å². The second-order valence-electron chi connectivity index (χ2n) is 13.2. The summed E-state index contributed by atoms with van der Waals surface area (Å²) in [7, 11) is 0. The maximum atomic E-state index is 14.5. The van der Waals surface area contributed by atoms with Gasteiger partial charge in [-0.1, -0.05) is 91.0 Å². The van der Waals surface area contributed by atoms with E-state index >= 15 is 0 Å². The lowest BCUT2D eigenvalue weighted by atomic mass is 9.98. The number of carbonyl (C=O) groups is 3. The summed E-state index contributed by atoms with van der Waals surface area (Å²) in [5, 5.41) is 17.1. The first-order chi connectivity index (χ1) is 25.9. The van der Waals surface area contributed by atoms with Crippen molar-refractivity contribution < 1.29 is 23.9 Å². The molecule has 2 saturated heterocycles. The molecule has 4 heterocycles. The van der Waals surface area contributed by atoms with Gasteiger partial charge in [0.15, 0.2) is 5.76 Å². The summed E-state index contributed by atoms with van der Waals surface area (Å²) >= 11 is 0. The lowest BCUT2D eigenvalue weighted by Gasteiger charge is -2.55. The summed E-state index contributed by atoms with van der Waals surface area (Å²) < 4.78 is 6.14. The molecular weight excluding hydrogens is 670 g/mol. The highest BCUT2D eigenvalue weighted by molar-refractivity contribution is 5.92. The van der Waals surface area contributed by atoms with E-state index in [0.29, 0.717) is 11.7 Å². The molecule has 2 atom stereocenters. The Hall–Kier alpha value is -6.53. The molecule has 8 rings (SSSR count). The van der Waals surface area contributed by atoms with E-state index in [1.807, 2.05) is 91.0 Å². The molecule has 12 nitrogen and oxygen atoms in total. The first-order valence-electron chi connectivity index (χ1n) is 17.5. The molecule has 2 fully saturated rings. The second kappa shape index (κ2) is 14.6. The number of hydrazine groups is 1. The summed E-state index contributed by atoms with van der Waals surface area (Å²) in [4.78, 5) is 55.6. The average Bonchev–Trinajstić information content (AvgIpc) is 3.66. The zero-order valence-electron chi connectivity index (χ0n) is 28.8. The van der Waals surface area contributed by atoms with Crippen LogP contribution in [0.2, 0.25) is 0 Å². The number of oxazole rings is 1. The fourth-order valence-electron chi connectivity index (χ4n) is 7.17. The molecule has 2 aliphatic rings. The number of nitrogens with one attached hydrogen (secondary N) is 1. The molecule has 0 aliphatic carbocycles. The minimum Gasteiger partial charge on any atom is -0.508 e. The fraction of sp³-hybridized carbons (Fsp3) is 0.195. The molecule has 2 aromatic heterocycles. The lowest BCUT2D eigenvalue weighted by molar-refractivity contribution is -0.193. The van der Waals surface area contributed by atoms with Gasteiger partial charge in [0.1, 0.15) is 18.0 Å². The molecule has 6 aromatic rings. The van der Waals surface area contributed by atoms with Gasteiger partial charge in [0.25, 0.3) is 0 Å². The predicted molar refractivity (Wildman–Crippen MR) is 196 cm³/mol. The van der Waals surface area contributed by atoms with Crippen LogP contribution in [0, 0.1) is 0 Å². The minimum absolute atomic E-state index is 0.0350. The Morgan fingerprint density at radius 1 is 0.830 bits per heavy atom. The molecule has 12 heteroatoms. The van der Waals surface area contributed by atoms with Crippen LogP contribution < -0.4 is 5.32 Å². The third kappa shape index (κ3) is 7.04. The Kier molecular flexibility index (Phi) is 9.26. The van der Waals surface area contributed by atoms with Gasteiger partial charge < -0.3 is 24.6 Å². The Morgan fingerprint density at radius 2 is 1.60 bits per heavy atom. The summed E-state index contributed by atoms with van der Waals surface area (Å²) in [5.41, 5.74) is 4.23. The van der Waals surface area contributed by atoms with Crippen LogP contribution in [0.3, 0.4) is 0 Å². The van der Waals surface area contributed by atoms with E-state index in [2.05, 4.69) is 15.3 Å². The summed E-state index contributed by atoms with van der Waals surface area (Å²) in [5.74, 6) is 0.461. The number of amides is 4. The molecule has 266 valence electrons. The standard InChI is InChI=1S/C41H37N7O5/c49-32-18-16-28(17-19-32)21-35-40(51)45(24-31-13-7-15-34-33(31)14-8-20-42-34)26-38-47(35)39(50)27-46(48(38)41(52)44-22-29-9-3-1-4-10-29)25-37-43-23-36(53-37)30-11-5-2-6-12-30/h1-20,23,35,38,49H,21-22,24-27H2,(H,44,52)/t35-,38?/m0/s1. The molecule has 0 spiro atoms. The van der Waals surface area contributed by atoms with E-state index in [0.717, 1.165) is 33.2 Å². The van der Waals surface area contributed by atoms with E-state index < -0.39 is 18.2 Å². The largest absolute Gasteiger partial charge is 0.508 e. The zero-order valence-corrected chi connectivity index (χ0v) is 28.8. The number of aromatic hydroxyl groups is 1. The molecule has 1 unspecified atom stereocenters. The second-order valence-corrected chi connectivity index (χ2v) is 13.2. The highest BCUT2D eigenvalue weighted by Gasteiger charge is 2.51. The average molecular weight is 708 g/mol. The Morgan fingerprint density at radius 3 is 2.40 bits per heavy atom. The normalized spacial score (nSPS) is 17.6. The van der Waals surface area contributed by atoms with Crippen molar-refractivity contribution in [2.75, 3.05) is 13.1 Å². The molecule has 0 bridgehead atoms. The van der Waals surface area contributed by atoms with Crippen LogP contribution in [0.4, 0.5) is 4.79 Å². The number of urea groups is 1. The fourth-order valence-corrected chi connectivity index (χ4v) is 7.17. The summed E-state index contributed by atoms with van der Waals surface area (Å²) in [6.07, 6.45) is 2.70. The van der Waals surface area contributed by atoms with Gasteiger partial charge in [-0.3, -0.25) is 14.6 Å². The number of rotatable bonds is 9. The summed E-state index contributed by atoms with van der Waals surface area (Å²) in [6, 6.07) is 34.0. The lowest BCUT2D eigenvalue weighted by Crippen LogP contribution is -2.76. The number of phenols is 1. The molecule has 0 radical (unpaired) electrons. The van der Waals surface area contributed by atoms with Crippen molar-refractivity contribution in [3.8, 4) is 17.1 Å². The SMILES string of the molecule is O=C1[C@H](Cc2ccc(O)cc2)N2C(=O)CN(Cc3ncc(-c4ccccc4)o3)N(C(=O)NCc3ccccc3)C2CN1Cc1cccc2ncccc12. The first kappa shape index (κ1) is 33.6. The predicted octanol–water partition coefficient (Wildman–Crippen LogP) is 5.35. The Balaban J connectivity index is 1.16. The van der Waals surface area contributed by atoms with Crippen molar-refractivity contribution in [1.29, 1.82) is 0 Å². The van der Waals surface area contributed by atoms with Gasteiger partial charge in [-0.25, -0.2) is 14.8 Å². The van der Waals surface area contributed by atoms with Gasteiger partial charge in [0, 0.05) is 36.7 Å². The smallest absolute Gasteiger partial charge is 0.334 e.